The summed E-state index contributed by atoms with van der Waals surface area (Å²) in [5.74, 6) is 0.743. The van der Waals surface area contributed by atoms with Crippen molar-refractivity contribution in [3.8, 4) is 6.07 Å². The first kappa shape index (κ1) is 12.7. The van der Waals surface area contributed by atoms with Gasteiger partial charge in [-0.1, -0.05) is 0 Å². The molecule has 5 nitrogen and oxygen atoms in total. The number of hydrogen-bond donors (Lipinski definition) is 2. The van der Waals surface area contributed by atoms with E-state index in [1.807, 2.05) is 6.07 Å². The van der Waals surface area contributed by atoms with Crippen molar-refractivity contribution in [1.29, 1.82) is 5.26 Å². The van der Waals surface area contributed by atoms with Gasteiger partial charge in [0.1, 0.15) is 6.07 Å². The van der Waals surface area contributed by atoms with Gasteiger partial charge in [-0.05, 0) is 31.7 Å². The molecular formula is C13H18N4O. The number of nitrogens with zero attached hydrogens (tertiary/aromatic N) is 3. The maximum Gasteiger partial charge on any atom is 0.152 e. The molecular weight excluding hydrogens is 228 g/mol. The first-order valence-corrected chi connectivity index (χ1v) is 6.29. The van der Waals surface area contributed by atoms with Gasteiger partial charge in [0.15, 0.2) is 5.82 Å². The molecule has 3 N–H and O–H groups in total. The number of nitrogen functional groups attached to an aromatic ring is 1. The Morgan fingerprint density at radius 3 is 2.83 bits per heavy atom. The van der Waals surface area contributed by atoms with Crippen LogP contribution in [0.2, 0.25) is 0 Å². The maximum absolute atomic E-state index is 8.96. The Bertz CT molecular complexity index is 451. The zero-order valence-corrected chi connectivity index (χ0v) is 10.3. The zero-order valence-electron chi connectivity index (χ0n) is 10.3. The molecule has 0 radical (unpaired) electrons. The van der Waals surface area contributed by atoms with E-state index in [9.17, 15) is 0 Å². The third-order valence-corrected chi connectivity index (χ3v) is 3.37. The van der Waals surface area contributed by atoms with Gasteiger partial charge in [-0.25, -0.2) is 4.98 Å². The number of anilines is 2. The third kappa shape index (κ3) is 2.54. The molecule has 1 aromatic rings. The molecule has 0 aromatic carbocycles. The largest absolute Gasteiger partial charge is 0.396 e. The van der Waals surface area contributed by atoms with E-state index >= 15 is 0 Å². The molecule has 1 aromatic heterocycles. The van der Waals surface area contributed by atoms with Crippen LogP contribution in [0.1, 0.15) is 31.2 Å². The summed E-state index contributed by atoms with van der Waals surface area (Å²) in [5.41, 5.74) is 6.99. The fourth-order valence-corrected chi connectivity index (χ4v) is 2.18. The second-order valence-electron chi connectivity index (χ2n) is 4.60. The van der Waals surface area contributed by atoms with Gasteiger partial charge in [0.05, 0.1) is 11.3 Å². The van der Waals surface area contributed by atoms with Crippen molar-refractivity contribution >= 4 is 11.5 Å². The number of aliphatic hydroxyl groups is 1. The number of nitriles is 1. The first-order valence-electron chi connectivity index (χ1n) is 6.29. The number of nitrogens with two attached hydrogens (primary N) is 1. The van der Waals surface area contributed by atoms with Crippen molar-refractivity contribution in [2.45, 2.75) is 31.7 Å². The Balaban J connectivity index is 2.21. The monoisotopic (exact) mass is 246 g/mol. The van der Waals surface area contributed by atoms with Gasteiger partial charge < -0.3 is 15.7 Å². The SMILES string of the molecule is N#Cc1cnc(N(CCCO)C2CCC2)c(N)c1. The molecule has 1 fully saturated rings. The molecule has 0 saturated heterocycles. The second-order valence-corrected chi connectivity index (χ2v) is 4.60. The second kappa shape index (κ2) is 5.69. The molecule has 1 aliphatic rings. The number of pyridine rings is 1. The summed E-state index contributed by atoms with van der Waals surface area (Å²) in [5, 5.41) is 17.8. The predicted molar refractivity (Wildman–Crippen MR) is 70.1 cm³/mol. The number of aromatic nitrogens is 1. The summed E-state index contributed by atoms with van der Waals surface area (Å²) in [6.45, 7) is 0.920. The van der Waals surface area contributed by atoms with Crippen molar-refractivity contribution < 1.29 is 5.11 Å². The minimum atomic E-state index is 0.166. The molecule has 1 heterocycles. The molecule has 96 valence electrons. The Hall–Kier alpha value is -1.80. The van der Waals surface area contributed by atoms with E-state index in [0.29, 0.717) is 23.7 Å². The topological polar surface area (TPSA) is 86.2 Å². The highest BCUT2D eigenvalue weighted by atomic mass is 16.3. The minimum absolute atomic E-state index is 0.166. The van der Waals surface area contributed by atoms with E-state index in [2.05, 4.69) is 9.88 Å². The van der Waals surface area contributed by atoms with Crippen molar-refractivity contribution in [2.24, 2.45) is 0 Å². The summed E-state index contributed by atoms with van der Waals surface area (Å²) in [4.78, 5) is 6.46. The van der Waals surface area contributed by atoms with Gasteiger partial charge in [0.25, 0.3) is 0 Å². The average molecular weight is 246 g/mol. The summed E-state index contributed by atoms with van der Waals surface area (Å²) >= 11 is 0. The lowest BCUT2D eigenvalue weighted by atomic mass is 9.91. The minimum Gasteiger partial charge on any atom is -0.396 e. The van der Waals surface area contributed by atoms with Gasteiger partial charge in [0, 0.05) is 25.4 Å². The third-order valence-electron chi connectivity index (χ3n) is 3.37. The molecule has 2 rings (SSSR count). The van der Waals surface area contributed by atoms with Crippen LogP contribution >= 0.6 is 0 Å². The number of hydrogen-bond acceptors (Lipinski definition) is 5. The summed E-state index contributed by atoms with van der Waals surface area (Å²) in [6, 6.07) is 4.16. The van der Waals surface area contributed by atoms with E-state index in [-0.39, 0.29) is 6.61 Å². The molecule has 0 unspecified atom stereocenters. The van der Waals surface area contributed by atoms with Crippen LogP contribution in [-0.4, -0.2) is 29.3 Å². The van der Waals surface area contributed by atoms with Crippen molar-refractivity contribution in [2.75, 3.05) is 23.8 Å². The predicted octanol–water partition coefficient (Wildman–Crippen LogP) is 1.28. The fraction of sp³-hybridized carbons (Fsp3) is 0.538. The highest BCUT2D eigenvalue weighted by Crippen LogP contribution is 2.31. The fourth-order valence-electron chi connectivity index (χ4n) is 2.18. The molecule has 0 atom stereocenters. The molecule has 0 bridgehead atoms. The van der Waals surface area contributed by atoms with Gasteiger partial charge in [-0.2, -0.15) is 5.26 Å². The van der Waals surface area contributed by atoms with Gasteiger partial charge in [-0.15, -0.1) is 0 Å². The Morgan fingerprint density at radius 1 is 1.56 bits per heavy atom. The van der Waals surface area contributed by atoms with E-state index in [1.54, 1.807) is 12.3 Å². The first-order chi connectivity index (χ1) is 8.76. The van der Waals surface area contributed by atoms with E-state index in [1.165, 1.54) is 6.42 Å². The molecule has 0 spiro atoms. The van der Waals surface area contributed by atoms with Crippen LogP contribution in [0.25, 0.3) is 0 Å². The molecule has 1 saturated carbocycles. The van der Waals surface area contributed by atoms with Gasteiger partial charge in [0.2, 0.25) is 0 Å². The molecule has 5 heteroatoms. The van der Waals surface area contributed by atoms with Crippen molar-refractivity contribution in [3.63, 3.8) is 0 Å². The summed E-state index contributed by atoms with van der Waals surface area (Å²) < 4.78 is 0. The van der Waals surface area contributed by atoms with Crippen LogP contribution < -0.4 is 10.6 Å². The standard InChI is InChI=1S/C13H18N4O/c14-8-10-7-12(15)13(16-9-10)17(5-2-6-18)11-3-1-4-11/h7,9,11,18H,1-6,15H2. The highest BCUT2D eigenvalue weighted by Gasteiger charge is 2.26. The lowest BCUT2D eigenvalue weighted by Crippen LogP contribution is -2.42. The lowest BCUT2D eigenvalue weighted by Gasteiger charge is -2.39. The van der Waals surface area contributed by atoms with Crippen molar-refractivity contribution in [1.82, 2.24) is 4.98 Å². The van der Waals surface area contributed by atoms with E-state index in [4.69, 9.17) is 16.1 Å². The van der Waals surface area contributed by atoms with E-state index in [0.717, 1.165) is 25.2 Å². The Morgan fingerprint density at radius 2 is 2.33 bits per heavy atom. The molecule has 0 amide bonds. The van der Waals surface area contributed by atoms with E-state index < -0.39 is 0 Å². The molecule has 18 heavy (non-hydrogen) atoms. The average Bonchev–Trinajstić information content (AvgIpc) is 2.32. The van der Waals surface area contributed by atoms with Crippen LogP contribution in [0.4, 0.5) is 11.5 Å². The number of aliphatic hydroxyl groups excluding tert-OH is 1. The smallest absolute Gasteiger partial charge is 0.152 e. The van der Waals surface area contributed by atoms with Crippen LogP contribution in [0.15, 0.2) is 12.3 Å². The highest BCUT2D eigenvalue weighted by molar-refractivity contribution is 5.65. The van der Waals surface area contributed by atoms with Gasteiger partial charge in [-0.3, -0.25) is 0 Å². The Labute approximate surface area is 107 Å². The van der Waals surface area contributed by atoms with Crippen LogP contribution in [0, 0.1) is 11.3 Å². The Kier molecular flexibility index (Phi) is 4.00. The van der Waals surface area contributed by atoms with Crippen molar-refractivity contribution in [3.05, 3.63) is 17.8 Å². The number of rotatable bonds is 5. The normalized spacial score (nSPS) is 14.9. The maximum atomic E-state index is 8.96. The summed E-state index contributed by atoms with van der Waals surface area (Å²) in [7, 11) is 0. The quantitative estimate of drug-likeness (QED) is 0.817. The molecule has 0 aliphatic heterocycles. The lowest BCUT2D eigenvalue weighted by molar-refractivity contribution is 0.282. The van der Waals surface area contributed by atoms with Crippen LogP contribution in [0.3, 0.4) is 0 Å². The summed E-state index contributed by atoms with van der Waals surface area (Å²) in [6.07, 6.45) is 5.78. The molecule has 1 aliphatic carbocycles. The van der Waals surface area contributed by atoms with Crippen LogP contribution in [-0.2, 0) is 0 Å². The van der Waals surface area contributed by atoms with Gasteiger partial charge >= 0.3 is 0 Å². The van der Waals surface area contributed by atoms with Crippen LogP contribution in [0.5, 0.6) is 0 Å². The zero-order chi connectivity index (χ0) is 13.0.